The second-order valence-corrected chi connectivity index (χ2v) is 5.01. The molecule has 1 aromatic carbocycles. The van der Waals surface area contributed by atoms with Crippen molar-refractivity contribution in [2.75, 3.05) is 31.1 Å². The molecule has 1 saturated heterocycles. The van der Waals surface area contributed by atoms with Crippen molar-refractivity contribution in [3.8, 4) is 0 Å². The maximum absolute atomic E-state index is 13.1. The maximum Gasteiger partial charge on any atom is 0.418 e. The number of rotatable bonds is 1. The minimum Gasteiger partial charge on any atom is -0.367 e. The Bertz CT molecular complexity index is 506. The van der Waals surface area contributed by atoms with Crippen molar-refractivity contribution < 1.29 is 18.0 Å². The number of hydrogen-bond acceptors (Lipinski definition) is 2. The highest BCUT2D eigenvalue weighted by Crippen LogP contribution is 2.37. The summed E-state index contributed by atoms with van der Waals surface area (Å²) in [7, 11) is 0. The van der Waals surface area contributed by atoms with Gasteiger partial charge in [0.25, 0.3) is 0 Å². The van der Waals surface area contributed by atoms with Gasteiger partial charge in [0.15, 0.2) is 0 Å². The Morgan fingerprint density at radius 2 is 1.75 bits per heavy atom. The lowest BCUT2D eigenvalue weighted by Crippen LogP contribution is -2.48. The fourth-order valence-electron chi connectivity index (χ4n) is 2.41. The summed E-state index contributed by atoms with van der Waals surface area (Å²) < 4.78 is 39.3. The van der Waals surface area contributed by atoms with E-state index in [1.807, 2.05) is 0 Å². The SMILES string of the molecule is CC(=O)N1CCN(c2ccc(C)cc2C(F)(F)F)CC1. The molecule has 0 spiro atoms. The molecule has 0 radical (unpaired) electrons. The predicted molar refractivity (Wildman–Crippen MR) is 70.6 cm³/mol. The summed E-state index contributed by atoms with van der Waals surface area (Å²) in [5.41, 5.74) is 0.184. The van der Waals surface area contributed by atoms with E-state index in [-0.39, 0.29) is 11.6 Å². The first-order valence-corrected chi connectivity index (χ1v) is 6.47. The van der Waals surface area contributed by atoms with Crippen LogP contribution in [0.2, 0.25) is 0 Å². The third kappa shape index (κ3) is 3.05. The zero-order chi connectivity index (χ0) is 14.9. The van der Waals surface area contributed by atoms with E-state index in [4.69, 9.17) is 0 Å². The molecule has 0 bridgehead atoms. The monoisotopic (exact) mass is 286 g/mol. The van der Waals surface area contributed by atoms with Crippen LogP contribution in [0.5, 0.6) is 0 Å². The van der Waals surface area contributed by atoms with E-state index in [0.717, 1.165) is 0 Å². The number of carbonyl (C=O) groups is 1. The molecule has 0 N–H and O–H groups in total. The highest BCUT2D eigenvalue weighted by Gasteiger charge is 2.35. The van der Waals surface area contributed by atoms with Crippen molar-refractivity contribution in [1.82, 2.24) is 4.90 Å². The third-order valence-electron chi connectivity index (χ3n) is 3.52. The molecule has 1 aromatic rings. The van der Waals surface area contributed by atoms with Crippen LogP contribution in [0.15, 0.2) is 18.2 Å². The molecule has 1 aliphatic rings. The zero-order valence-corrected chi connectivity index (χ0v) is 11.5. The number of carbonyl (C=O) groups excluding carboxylic acids is 1. The fourth-order valence-corrected chi connectivity index (χ4v) is 2.41. The van der Waals surface area contributed by atoms with Gasteiger partial charge in [-0.15, -0.1) is 0 Å². The van der Waals surface area contributed by atoms with Crippen LogP contribution >= 0.6 is 0 Å². The van der Waals surface area contributed by atoms with Gasteiger partial charge in [-0.05, 0) is 19.1 Å². The number of anilines is 1. The number of hydrogen-bond donors (Lipinski definition) is 0. The summed E-state index contributed by atoms with van der Waals surface area (Å²) in [5.74, 6) is -0.0374. The third-order valence-corrected chi connectivity index (χ3v) is 3.52. The molecule has 6 heteroatoms. The van der Waals surface area contributed by atoms with Gasteiger partial charge < -0.3 is 9.80 Å². The molecule has 2 rings (SSSR count). The Morgan fingerprint density at radius 3 is 2.25 bits per heavy atom. The first-order valence-electron chi connectivity index (χ1n) is 6.47. The molecule has 20 heavy (non-hydrogen) atoms. The van der Waals surface area contributed by atoms with Crippen LogP contribution in [-0.4, -0.2) is 37.0 Å². The molecule has 0 aromatic heterocycles. The Morgan fingerprint density at radius 1 is 1.15 bits per heavy atom. The lowest BCUT2D eigenvalue weighted by Gasteiger charge is -2.36. The second-order valence-electron chi connectivity index (χ2n) is 5.01. The van der Waals surface area contributed by atoms with E-state index >= 15 is 0 Å². The lowest BCUT2D eigenvalue weighted by atomic mass is 10.1. The molecule has 1 fully saturated rings. The molecule has 0 unspecified atom stereocenters. The minimum atomic E-state index is -4.36. The average Bonchev–Trinajstić information content (AvgIpc) is 2.38. The molecule has 3 nitrogen and oxygen atoms in total. The predicted octanol–water partition coefficient (Wildman–Crippen LogP) is 2.68. The summed E-state index contributed by atoms with van der Waals surface area (Å²) in [4.78, 5) is 14.6. The fraction of sp³-hybridized carbons (Fsp3) is 0.500. The molecule has 0 aliphatic carbocycles. The summed E-state index contributed by atoms with van der Waals surface area (Å²) in [6.45, 7) is 4.88. The number of piperazine rings is 1. The first-order chi connectivity index (χ1) is 9.29. The van der Waals surface area contributed by atoms with Crippen LogP contribution in [0.1, 0.15) is 18.1 Å². The van der Waals surface area contributed by atoms with Crippen molar-refractivity contribution in [3.05, 3.63) is 29.3 Å². The first kappa shape index (κ1) is 14.7. The largest absolute Gasteiger partial charge is 0.418 e. The number of nitrogens with zero attached hydrogens (tertiary/aromatic N) is 2. The van der Waals surface area contributed by atoms with Crippen LogP contribution in [0.4, 0.5) is 18.9 Å². The van der Waals surface area contributed by atoms with Crippen LogP contribution in [0, 0.1) is 6.92 Å². The lowest BCUT2D eigenvalue weighted by molar-refractivity contribution is -0.137. The van der Waals surface area contributed by atoms with Gasteiger partial charge in [-0.2, -0.15) is 13.2 Å². The highest BCUT2D eigenvalue weighted by atomic mass is 19.4. The average molecular weight is 286 g/mol. The van der Waals surface area contributed by atoms with Gasteiger partial charge in [-0.1, -0.05) is 11.6 Å². The van der Waals surface area contributed by atoms with Crippen molar-refractivity contribution >= 4 is 11.6 Å². The van der Waals surface area contributed by atoms with Gasteiger partial charge >= 0.3 is 6.18 Å². The zero-order valence-electron chi connectivity index (χ0n) is 11.5. The normalized spacial score (nSPS) is 16.4. The van der Waals surface area contributed by atoms with Gasteiger partial charge in [0, 0.05) is 38.8 Å². The van der Waals surface area contributed by atoms with Gasteiger partial charge in [-0.25, -0.2) is 0 Å². The molecular weight excluding hydrogens is 269 g/mol. The molecule has 110 valence electrons. The van der Waals surface area contributed by atoms with Crippen molar-refractivity contribution in [2.45, 2.75) is 20.0 Å². The van der Waals surface area contributed by atoms with Crippen molar-refractivity contribution in [1.29, 1.82) is 0 Å². The van der Waals surface area contributed by atoms with Crippen LogP contribution < -0.4 is 4.90 Å². The second kappa shape index (κ2) is 5.34. The summed E-state index contributed by atoms with van der Waals surface area (Å²) in [5, 5.41) is 0. The summed E-state index contributed by atoms with van der Waals surface area (Å²) in [6, 6.07) is 4.37. The van der Waals surface area contributed by atoms with Crippen LogP contribution in [-0.2, 0) is 11.0 Å². The topological polar surface area (TPSA) is 23.6 Å². The number of amides is 1. The van der Waals surface area contributed by atoms with Gasteiger partial charge in [0.1, 0.15) is 0 Å². The number of alkyl halides is 3. The number of benzene rings is 1. The highest BCUT2D eigenvalue weighted by molar-refractivity contribution is 5.73. The van der Waals surface area contributed by atoms with Crippen LogP contribution in [0.25, 0.3) is 0 Å². The van der Waals surface area contributed by atoms with Gasteiger partial charge in [0.2, 0.25) is 5.91 Å². The Hall–Kier alpha value is -1.72. The smallest absolute Gasteiger partial charge is 0.367 e. The number of halogens is 3. The Labute approximate surface area is 116 Å². The van der Waals surface area contributed by atoms with E-state index in [1.54, 1.807) is 22.8 Å². The van der Waals surface area contributed by atoms with E-state index in [2.05, 4.69) is 0 Å². The van der Waals surface area contributed by atoms with Gasteiger partial charge in [0.05, 0.1) is 5.56 Å². The quantitative estimate of drug-likeness (QED) is 0.792. The van der Waals surface area contributed by atoms with Gasteiger partial charge in [-0.3, -0.25) is 4.79 Å². The van der Waals surface area contributed by atoms with E-state index < -0.39 is 11.7 Å². The van der Waals surface area contributed by atoms with E-state index in [1.165, 1.54) is 19.1 Å². The molecular formula is C14H17F3N2O. The summed E-state index contributed by atoms with van der Waals surface area (Å²) in [6.07, 6.45) is -4.36. The molecule has 1 aliphatic heterocycles. The molecule has 1 heterocycles. The van der Waals surface area contributed by atoms with Crippen LogP contribution in [0.3, 0.4) is 0 Å². The molecule has 1 amide bonds. The number of aryl methyl sites for hydroxylation is 1. The Balaban J connectivity index is 2.24. The minimum absolute atomic E-state index is 0.0374. The van der Waals surface area contributed by atoms with E-state index in [9.17, 15) is 18.0 Å². The van der Waals surface area contributed by atoms with E-state index in [0.29, 0.717) is 31.7 Å². The summed E-state index contributed by atoms with van der Waals surface area (Å²) >= 11 is 0. The maximum atomic E-state index is 13.1. The molecule has 0 saturated carbocycles. The standard InChI is InChI=1S/C14H17F3N2O/c1-10-3-4-13(12(9-10)14(15,16)17)19-7-5-18(6-8-19)11(2)20/h3-4,9H,5-8H2,1-2H3. The Kier molecular flexibility index (Phi) is 3.92. The van der Waals surface area contributed by atoms with Crippen molar-refractivity contribution in [2.24, 2.45) is 0 Å². The van der Waals surface area contributed by atoms with Crippen molar-refractivity contribution in [3.63, 3.8) is 0 Å². The molecule has 0 atom stereocenters.